The second-order valence-corrected chi connectivity index (χ2v) is 5.89. The van der Waals surface area contributed by atoms with Crippen molar-refractivity contribution >= 4 is 12.1 Å². The topological polar surface area (TPSA) is 77.5 Å². The number of carbonyl (C=O) groups is 2. The highest BCUT2D eigenvalue weighted by molar-refractivity contribution is 5.82. The molecule has 0 saturated carbocycles. The number of carbonyl (C=O) groups excluding carboxylic acids is 2. The van der Waals surface area contributed by atoms with Gasteiger partial charge in [0, 0.05) is 24.4 Å². The van der Waals surface area contributed by atoms with E-state index in [2.05, 4.69) is 10.3 Å². The highest BCUT2D eigenvalue weighted by atomic mass is 16.6. The average Bonchev–Trinajstić information content (AvgIpc) is 2.44. The van der Waals surface area contributed by atoms with Crippen LogP contribution in [-0.4, -0.2) is 35.3 Å². The SMILES string of the molecule is CCOC(=O)C=CC(Cc1ccccn1)NC(=O)OC(C)(C)C. The molecule has 1 aromatic heterocycles. The van der Waals surface area contributed by atoms with Crippen molar-refractivity contribution in [3.8, 4) is 0 Å². The van der Waals surface area contributed by atoms with Gasteiger partial charge in [0.05, 0.1) is 12.6 Å². The molecule has 0 saturated heterocycles. The minimum Gasteiger partial charge on any atom is -0.463 e. The number of aromatic nitrogens is 1. The lowest BCUT2D eigenvalue weighted by Gasteiger charge is -2.22. The van der Waals surface area contributed by atoms with Crippen LogP contribution in [0.2, 0.25) is 0 Å². The van der Waals surface area contributed by atoms with E-state index in [1.54, 1.807) is 40.0 Å². The molecule has 1 unspecified atom stereocenters. The van der Waals surface area contributed by atoms with Crippen molar-refractivity contribution < 1.29 is 19.1 Å². The predicted molar refractivity (Wildman–Crippen MR) is 86.9 cm³/mol. The number of nitrogens with zero attached hydrogens (tertiary/aromatic N) is 1. The van der Waals surface area contributed by atoms with Crippen LogP contribution in [0.3, 0.4) is 0 Å². The molecule has 1 rings (SSSR count). The Labute approximate surface area is 136 Å². The summed E-state index contributed by atoms with van der Waals surface area (Å²) in [6.07, 6.45) is 4.45. The summed E-state index contributed by atoms with van der Waals surface area (Å²) in [5.41, 5.74) is 0.201. The van der Waals surface area contributed by atoms with Gasteiger partial charge in [-0.1, -0.05) is 12.1 Å². The Morgan fingerprint density at radius 2 is 2.09 bits per heavy atom. The summed E-state index contributed by atoms with van der Waals surface area (Å²) in [6, 6.07) is 5.10. The molecule has 1 atom stereocenters. The molecule has 0 spiro atoms. The van der Waals surface area contributed by atoms with Crippen LogP contribution in [0.25, 0.3) is 0 Å². The highest BCUT2D eigenvalue weighted by Gasteiger charge is 2.19. The van der Waals surface area contributed by atoms with Gasteiger partial charge in [-0.25, -0.2) is 9.59 Å². The molecular formula is C17H24N2O4. The number of esters is 1. The van der Waals surface area contributed by atoms with Gasteiger partial charge in [0.2, 0.25) is 0 Å². The molecule has 0 aliphatic carbocycles. The summed E-state index contributed by atoms with van der Waals surface area (Å²) in [6.45, 7) is 7.39. The molecule has 1 N–H and O–H groups in total. The number of pyridine rings is 1. The Kier molecular flexibility index (Phi) is 7.25. The number of rotatable bonds is 6. The second-order valence-electron chi connectivity index (χ2n) is 5.89. The zero-order chi connectivity index (χ0) is 17.3. The Bertz CT molecular complexity index is 535. The maximum absolute atomic E-state index is 11.9. The van der Waals surface area contributed by atoms with Crippen LogP contribution in [0.15, 0.2) is 36.5 Å². The minimum atomic E-state index is -0.593. The van der Waals surface area contributed by atoms with Crippen LogP contribution < -0.4 is 5.32 Å². The van der Waals surface area contributed by atoms with Gasteiger partial charge in [-0.15, -0.1) is 0 Å². The van der Waals surface area contributed by atoms with E-state index < -0.39 is 23.7 Å². The van der Waals surface area contributed by atoms with Crippen molar-refractivity contribution in [1.82, 2.24) is 10.3 Å². The molecule has 23 heavy (non-hydrogen) atoms. The zero-order valence-electron chi connectivity index (χ0n) is 14.0. The lowest BCUT2D eigenvalue weighted by atomic mass is 10.1. The summed E-state index contributed by atoms with van der Waals surface area (Å²) >= 11 is 0. The van der Waals surface area contributed by atoms with Crippen molar-refractivity contribution in [1.29, 1.82) is 0 Å². The normalized spacial score (nSPS) is 12.7. The molecule has 0 radical (unpaired) electrons. The maximum Gasteiger partial charge on any atom is 0.408 e. The lowest BCUT2D eigenvalue weighted by Crippen LogP contribution is -2.39. The molecule has 0 aromatic carbocycles. The average molecular weight is 320 g/mol. The first-order valence-corrected chi connectivity index (χ1v) is 7.54. The Balaban J connectivity index is 2.75. The van der Waals surface area contributed by atoms with Crippen LogP contribution in [0, 0.1) is 0 Å². The van der Waals surface area contributed by atoms with Crippen LogP contribution in [0.1, 0.15) is 33.4 Å². The minimum absolute atomic E-state index is 0.299. The molecule has 1 heterocycles. The third kappa shape index (κ3) is 8.60. The quantitative estimate of drug-likeness (QED) is 0.644. The molecule has 1 amide bonds. The zero-order valence-corrected chi connectivity index (χ0v) is 14.0. The lowest BCUT2D eigenvalue weighted by molar-refractivity contribution is -0.137. The van der Waals surface area contributed by atoms with E-state index >= 15 is 0 Å². The fraction of sp³-hybridized carbons (Fsp3) is 0.471. The Hall–Kier alpha value is -2.37. The first-order valence-electron chi connectivity index (χ1n) is 7.54. The number of amides is 1. The Morgan fingerprint density at radius 3 is 2.65 bits per heavy atom. The van der Waals surface area contributed by atoms with E-state index in [4.69, 9.17) is 9.47 Å². The van der Waals surface area contributed by atoms with Crippen LogP contribution in [-0.2, 0) is 20.7 Å². The summed E-state index contributed by atoms with van der Waals surface area (Å²) in [5.74, 6) is -0.454. The number of nitrogens with one attached hydrogen (secondary N) is 1. The Morgan fingerprint density at radius 1 is 1.35 bits per heavy atom. The van der Waals surface area contributed by atoms with E-state index in [1.165, 1.54) is 6.08 Å². The van der Waals surface area contributed by atoms with Gasteiger partial charge in [-0.3, -0.25) is 4.98 Å². The van der Waals surface area contributed by atoms with Crippen LogP contribution in [0.5, 0.6) is 0 Å². The van der Waals surface area contributed by atoms with Gasteiger partial charge in [0.1, 0.15) is 5.60 Å². The summed E-state index contributed by atoms with van der Waals surface area (Å²) < 4.78 is 10.1. The van der Waals surface area contributed by atoms with Crippen molar-refractivity contribution in [2.45, 2.75) is 45.8 Å². The van der Waals surface area contributed by atoms with Gasteiger partial charge in [0.25, 0.3) is 0 Å². The van der Waals surface area contributed by atoms with Gasteiger partial charge >= 0.3 is 12.1 Å². The fourth-order valence-corrected chi connectivity index (χ4v) is 1.76. The van der Waals surface area contributed by atoms with E-state index in [0.29, 0.717) is 13.0 Å². The van der Waals surface area contributed by atoms with Gasteiger partial charge in [-0.05, 0) is 39.8 Å². The standard InChI is InChI=1S/C17H24N2O4/c1-5-22-15(20)10-9-14(12-13-8-6-7-11-18-13)19-16(21)23-17(2,3)4/h6-11,14H,5,12H2,1-4H3,(H,19,21). The van der Waals surface area contributed by atoms with Crippen LogP contribution >= 0.6 is 0 Å². The van der Waals surface area contributed by atoms with E-state index in [0.717, 1.165) is 5.69 Å². The van der Waals surface area contributed by atoms with E-state index in [-0.39, 0.29) is 0 Å². The molecule has 0 aliphatic rings. The van der Waals surface area contributed by atoms with Gasteiger partial charge < -0.3 is 14.8 Å². The molecule has 6 heteroatoms. The first kappa shape index (κ1) is 18.7. The highest BCUT2D eigenvalue weighted by Crippen LogP contribution is 2.08. The van der Waals surface area contributed by atoms with Crippen molar-refractivity contribution in [3.63, 3.8) is 0 Å². The van der Waals surface area contributed by atoms with Crippen molar-refractivity contribution in [2.24, 2.45) is 0 Å². The van der Waals surface area contributed by atoms with Crippen LogP contribution in [0.4, 0.5) is 4.79 Å². The summed E-state index contributed by atoms with van der Waals surface area (Å²) in [4.78, 5) is 27.6. The summed E-state index contributed by atoms with van der Waals surface area (Å²) in [7, 11) is 0. The molecule has 0 aliphatic heterocycles. The third-order valence-electron chi connectivity index (χ3n) is 2.61. The predicted octanol–water partition coefficient (Wildman–Crippen LogP) is 2.64. The first-order chi connectivity index (χ1) is 10.8. The molecule has 0 fully saturated rings. The maximum atomic E-state index is 11.9. The smallest absolute Gasteiger partial charge is 0.408 e. The summed E-state index contributed by atoms with van der Waals surface area (Å²) in [5, 5.41) is 2.72. The van der Waals surface area contributed by atoms with Gasteiger partial charge in [0.15, 0.2) is 0 Å². The molecule has 1 aromatic rings. The van der Waals surface area contributed by atoms with E-state index in [1.807, 2.05) is 18.2 Å². The molecular weight excluding hydrogens is 296 g/mol. The number of ether oxygens (including phenoxy) is 2. The van der Waals surface area contributed by atoms with Crippen molar-refractivity contribution in [2.75, 3.05) is 6.61 Å². The van der Waals surface area contributed by atoms with Crippen molar-refractivity contribution in [3.05, 3.63) is 42.2 Å². The molecule has 0 bridgehead atoms. The third-order valence-corrected chi connectivity index (χ3v) is 2.61. The van der Waals surface area contributed by atoms with Gasteiger partial charge in [-0.2, -0.15) is 0 Å². The fourth-order valence-electron chi connectivity index (χ4n) is 1.76. The molecule has 6 nitrogen and oxygen atoms in total. The number of alkyl carbamates (subject to hydrolysis) is 1. The second kappa shape index (κ2) is 8.92. The van der Waals surface area contributed by atoms with E-state index in [9.17, 15) is 9.59 Å². The number of hydrogen-bond donors (Lipinski definition) is 1. The molecule has 126 valence electrons. The monoisotopic (exact) mass is 320 g/mol. The number of hydrogen-bond acceptors (Lipinski definition) is 5. The largest absolute Gasteiger partial charge is 0.463 e.